The zero-order valence-electron chi connectivity index (χ0n) is 25.0. The average molecular weight is 614 g/mol. The summed E-state index contributed by atoms with van der Waals surface area (Å²) in [6.07, 6.45) is 5.30. The molecule has 0 aliphatic rings. The van der Waals surface area contributed by atoms with Gasteiger partial charge in [-0.25, -0.2) is 0 Å². The van der Waals surface area contributed by atoms with Gasteiger partial charge in [0.25, 0.3) is 0 Å². The van der Waals surface area contributed by atoms with Gasteiger partial charge in [-0.3, -0.25) is 19.2 Å². The number of aliphatic hydroxyl groups excluding tert-OH is 1. The monoisotopic (exact) mass is 613 g/mol. The molecule has 1 aromatic rings. The number of carboxylic acids is 1. The number of aliphatic hydroxyl groups is 1. The first kappa shape index (κ1) is 38.8. The van der Waals surface area contributed by atoms with Gasteiger partial charge in [0.15, 0.2) is 11.5 Å². The minimum absolute atomic E-state index is 0.0278. The molecule has 0 aromatic heterocycles. The van der Waals surface area contributed by atoms with E-state index in [2.05, 4.69) is 17.6 Å². The van der Waals surface area contributed by atoms with E-state index in [0.29, 0.717) is 24.9 Å². The topological polar surface area (TPSA) is 205 Å². The van der Waals surface area contributed by atoms with Crippen LogP contribution < -0.4 is 21.1 Å². The highest BCUT2D eigenvalue weighted by Gasteiger charge is 2.26. The van der Waals surface area contributed by atoms with Gasteiger partial charge in [0.2, 0.25) is 11.8 Å². The number of carbonyl (C=O) groups excluding carboxylic acids is 4. The molecular formula is C29H47N3O9S. The Morgan fingerprint density at radius 1 is 1.10 bits per heavy atom. The standard InChI is InChI=1S/C28H43N3O8S.CH4O/c1-4-5-6-7-22(15-21(33)11-8-19-9-12-24(34)25(14-19)39-3)40-17-23(27(36)30-18(2)28(37)38)31-26(35)13-10-20(29)16-32;1-2/h9,12,14,16,18,20,22-23,34H,4-8,10-11,13,15,17,29H2,1-3H3,(H,30,36)(H,31,35)(H,37,38);2H,1H3. The molecule has 2 amide bonds. The molecule has 0 fully saturated rings. The van der Waals surface area contributed by atoms with Gasteiger partial charge in [-0.1, -0.05) is 32.3 Å². The van der Waals surface area contributed by atoms with E-state index >= 15 is 0 Å². The van der Waals surface area contributed by atoms with Crippen LogP contribution in [0.4, 0.5) is 0 Å². The molecule has 0 radical (unpaired) electrons. The SMILES string of the molecule is CCCCCC(CC(=O)CCc1ccc(O)c(OC)c1)SCC(NC(=O)CCC(N)C=O)C(=O)NC(C)C(=O)O.CO. The number of aromatic hydroxyl groups is 1. The Bertz CT molecular complexity index is 993. The molecule has 1 rings (SSSR count). The Kier molecular flexibility index (Phi) is 20.8. The molecule has 1 aromatic carbocycles. The lowest BCUT2D eigenvalue weighted by Gasteiger charge is -2.23. The van der Waals surface area contributed by atoms with Crippen molar-refractivity contribution in [1.82, 2.24) is 10.6 Å². The highest BCUT2D eigenvalue weighted by atomic mass is 32.2. The molecule has 4 atom stereocenters. The van der Waals surface area contributed by atoms with Crippen LogP contribution in [0.1, 0.15) is 70.8 Å². The molecule has 13 heteroatoms. The second-order valence-electron chi connectivity index (χ2n) is 9.73. The number of aliphatic carboxylic acids is 1. The Balaban J connectivity index is 0.00000821. The predicted octanol–water partition coefficient (Wildman–Crippen LogP) is 1.96. The van der Waals surface area contributed by atoms with E-state index in [1.165, 1.54) is 31.9 Å². The smallest absolute Gasteiger partial charge is 0.325 e. The van der Waals surface area contributed by atoms with Crippen LogP contribution in [0.5, 0.6) is 11.5 Å². The summed E-state index contributed by atoms with van der Waals surface area (Å²) >= 11 is 1.40. The molecule has 0 saturated heterocycles. The molecular weight excluding hydrogens is 566 g/mol. The van der Waals surface area contributed by atoms with Gasteiger partial charge in [-0.15, -0.1) is 0 Å². The van der Waals surface area contributed by atoms with E-state index in [0.717, 1.165) is 38.4 Å². The van der Waals surface area contributed by atoms with Gasteiger partial charge in [-0.05, 0) is 43.9 Å². The number of hydrogen-bond acceptors (Lipinski definition) is 10. The molecule has 0 saturated carbocycles. The number of ether oxygens (including phenoxy) is 1. The van der Waals surface area contributed by atoms with Crippen molar-refractivity contribution in [2.45, 2.75) is 95.0 Å². The van der Waals surface area contributed by atoms with Gasteiger partial charge in [0.05, 0.1) is 13.2 Å². The van der Waals surface area contributed by atoms with E-state index in [4.69, 9.17) is 20.7 Å². The zero-order valence-corrected chi connectivity index (χ0v) is 25.8. The summed E-state index contributed by atoms with van der Waals surface area (Å²) in [4.78, 5) is 60.2. The zero-order chi connectivity index (χ0) is 32.1. The fraction of sp³-hybridized carbons (Fsp3) is 0.621. The van der Waals surface area contributed by atoms with E-state index in [9.17, 15) is 29.1 Å². The summed E-state index contributed by atoms with van der Waals surface area (Å²) in [6.45, 7) is 3.40. The predicted molar refractivity (Wildman–Crippen MR) is 162 cm³/mol. The van der Waals surface area contributed by atoms with E-state index < -0.39 is 35.9 Å². The van der Waals surface area contributed by atoms with E-state index in [1.54, 1.807) is 12.1 Å². The van der Waals surface area contributed by atoms with Crippen LogP contribution in [0.25, 0.3) is 0 Å². The van der Waals surface area contributed by atoms with Gasteiger partial charge in [0.1, 0.15) is 24.2 Å². The molecule has 0 heterocycles. The molecule has 0 spiro atoms. The molecule has 12 nitrogen and oxygen atoms in total. The Morgan fingerprint density at radius 2 is 1.79 bits per heavy atom. The van der Waals surface area contributed by atoms with Crippen LogP contribution in [0, 0.1) is 0 Å². The number of rotatable bonds is 21. The van der Waals surface area contributed by atoms with Gasteiger partial charge < -0.3 is 41.2 Å². The summed E-state index contributed by atoms with van der Waals surface area (Å²) in [5.74, 6) is -1.78. The number of hydrogen-bond donors (Lipinski definition) is 6. The number of aldehydes is 1. The molecule has 7 N–H and O–H groups in total. The van der Waals surface area contributed by atoms with Crippen molar-refractivity contribution in [2.75, 3.05) is 20.0 Å². The Hall–Kier alpha value is -3.16. The number of unbranched alkanes of at least 4 members (excludes halogenated alkanes) is 2. The second-order valence-corrected chi connectivity index (χ2v) is 11.1. The van der Waals surface area contributed by atoms with Crippen molar-refractivity contribution >= 4 is 41.6 Å². The highest BCUT2D eigenvalue weighted by molar-refractivity contribution is 8.00. The third kappa shape index (κ3) is 16.3. The van der Waals surface area contributed by atoms with E-state index in [-0.39, 0.29) is 41.8 Å². The third-order valence-electron chi connectivity index (χ3n) is 6.28. The van der Waals surface area contributed by atoms with Crippen molar-refractivity contribution in [1.29, 1.82) is 0 Å². The number of Topliss-reactive ketones (excluding diaryl/α,β-unsaturated/α-hetero) is 1. The number of carboxylic acid groups (broad SMARTS) is 1. The maximum absolute atomic E-state index is 12.9. The van der Waals surface area contributed by atoms with Gasteiger partial charge in [-0.2, -0.15) is 11.8 Å². The number of nitrogens with one attached hydrogen (secondary N) is 2. The van der Waals surface area contributed by atoms with E-state index in [1.807, 2.05) is 0 Å². The second kappa shape index (κ2) is 22.4. The Morgan fingerprint density at radius 3 is 2.38 bits per heavy atom. The molecule has 4 unspecified atom stereocenters. The van der Waals surface area contributed by atoms with Crippen LogP contribution in [-0.2, 0) is 30.4 Å². The van der Waals surface area contributed by atoms with Gasteiger partial charge in [0, 0.05) is 37.4 Å². The molecule has 42 heavy (non-hydrogen) atoms. The normalized spacial score (nSPS) is 13.4. The van der Waals surface area contributed by atoms with Crippen molar-refractivity contribution < 1.29 is 44.0 Å². The lowest BCUT2D eigenvalue weighted by molar-refractivity contribution is -0.141. The summed E-state index contributed by atoms with van der Waals surface area (Å²) in [7, 11) is 2.46. The third-order valence-corrected chi connectivity index (χ3v) is 7.68. The average Bonchev–Trinajstić information content (AvgIpc) is 2.98. The molecule has 0 bridgehead atoms. The first-order valence-electron chi connectivity index (χ1n) is 14.0. The number of carbonyl (C=O) groups is 5. The van der Waals surface area contributed by atoms with Crippen molar-refractivity contribution in [3.63, 3.8) is 0 Å². The molecule has 0 aliphatic carbocycles. The summed E-state index contributed by atoms with van der Waals surface area (Å²) in [5.41, 5.74) is 6.41. The van der Waals surface area contributed by atoms with Crippen molar-refractivity contribution in [3.05, 3.63) is 23.8 Å². The minimum Gasteiger partial charge on any atom is -0.504 e. The van der Waals surface area contributed by atoms with Crippen LogP contribution in [0.3, 0.4) is 0 Å². The van der Waals surface area contributed by atoms with Crippen molar-refractivity contribution in [2.24, 2.45) is 5.73 Å². The fourth-order valence-electron chi connectivity index (χ4n) is 3.81. The summed E-state index contributed by atoms with van der Waals surface area (Å²) < 4.78 is 5.13. The lowest BCUT2D eigenvalue weighted by atomic mass is 10.0. The number of phenols is 1. The van der Waals surface area contributed by atoms with Crippen molar-refractivity contribution in [3.8, 4) is 11.5 Å². The largest absolute Gasteiger partial charge is 0.504 e. The molecule has 238 valence electrons. The quantitative estimate of drug-likeness (QED) is 0.0873. The highest BCUT2D eigenvalue weighted by Crippen LogP contribution is 2.27. The number of ketones is 1. The first-order valence-corrected chi connectivity index (χ1v) is 15.0. The fourth-order valence-corrected chi connectivity index (χ4v) is 5.14. The van der Waals surface area contributed by atoms with Crippen LogP contribution >= 0.6 is 11.8 Å². The maximum Gasteiger partial charge on any atom is 0.325 e. The Labute approximate surface area is 252 Å². The number of nitrogens with two attached hydrogens (primary N) is 1. The minimum atomic E-state index is -1.21. The summed E-state index contributed by atoms with van der Waals surface area (Å²) in [6, 6.07) is 1.99. The number of thioether (sulfide) groups is 1. The number of aryl methyl sites for hydroxylation is 1. The number of benzene rings is 1. The van der Waals surface area contributed by atoms with Crippen LogP contribution in [-0.4, -0.2) is 88.5 Å². The lowest BCUT2D eigenvalue weighted by Crippen LogP contribution is -2.52. The number of methoxy groups -OCH3 is 1. The number of phenolic OH excluding ortho intramolecular Hbond substituents is 1. The molecule has 0 aliphatic heterocycles. The van der Waals surface area contributed by atoms with Gasteiger partial charge >= 0.3 is 5.97 Å². The number of amides is 2. The maximum atomic E-state index is 12.9. The summed E-state index contributed by atoms with van der Waals surface area (Å²) in [5, 5.41) is 30.9. The van der Waals surface area contributed by atoms with Crippen LogP contribution in [0.15, 0.2) is 18.2 Å². The first-order chi connectivity index (χ1) is 20.0. The van der Waals surface area contributed by atoms with Crippen LogP contribution in [0.2, 0.25) is 0 Å².